The summed E-state index contributed by atoms with van der Waals surface area (Å²) in [5.74, 6) is 0.936. The molecule has 2 atom stereocenters. The van der Waals surface area contributed by atoms with E-state index >= 15 is 0 Å². The monoisotopic (exact) mass is 165 g/mol. The number of hydrogen-bond donors (Lipinski definition) is 1. The van der Waals surface area contributed by atoms with Crippen LogP contribution in [0.4, 0.5) is 0 Å². The highest BCUT2D eigenvalue weighted by atomic mass is 16.1. The summed E-state index contributed by atoms with van der Waals surface area (Å²) >= 11 is 0. The molecule has 2 heteroatoms. The van der Waals surface area contributed by atoms with Crippen LogP contribution in [-0.2, 0) is 4.79 Å². The molecule has 0 saturated heterocycles. The third-order valence-electron chi connectivity index (χ3n) is 3.80. The predicted octanol–water partition coefficient (Wildman–Crippen LogP) is 1.46. The summed E-state index contributed by atoms with van der Waals surface area (Å²) in [4.78, 5) is 11.6. The maximum Gasteiger partial charge on any atom is 0.182 e. The van der Waals surface area contributed by atoms with Crippen LogP contribution in [0.2, 0.25) is 0 Å². The van der Waals surface area contributed by atoms with Crippen molar-refractivity contribution in [2.75, 3.05) is 0 Å². The van der Waals surface area contributed by atoms with Crippen LogP contribution >= 0.6 is 0 Å². The number of fused-ring (bicyclic) bond motifs is 1. The molecule has 2 nitrogen and oxygen atoms in total. The summed E-state index contributed by atoms with van der Waals surface area (Å²) in [7, 11) is 0. The molecule has 12 heavy (non-hydrogen) atoms. The van der Waals surface area contributed by atoms with Crippen LogP contribution in [0.5, 0.6) is 0 Å². The molecule has 0 unspecified atom stereocenters. The van der Waals surface area contributed by atoms with Crippen molar-refractivity contribution in [3.8, 4) is 0 Å². The van der Waals surface area contributed by atoms with Gasteiger partial charge in [0.05, 0.1) is 5.70 Å². The van der Waals surface area contributed by atoms with E-state index in [1.54, 1.807) is 0 Å². The second-order valence-electron chi connectivity index (χ2n) is 4.62. The van der Waals surface area contributed by atoms with Gasteiger partial charge in [-0.25, -0.2) is 0 Å². The molecule has 0 aromatic heterocycles. The highest BCUT2D eigenvalue weighted by molar-refractivity contribution is 6.00. The first-order valence-corrected chi connectivity index (χ1v) is 4.46. The Balaban J connectivity index is 2.48. The van der Waals surface area contributed by atoms with Gasteiger partial charge in [0.2, 0.25) is 0 Å². The Morgan fingerprint density at radius 3 is 2.42 bits per heavy atom. The zero-order valence-electron chi connectivity index (χ0n) is 7.85. The Hall–Kier alpha value is -0.790. The van der Waals surface area contributed by atoms with E-state index in [1.165, 1.54) is 0 Å². The van der Waals surface area contributed by atoms with Crippen molar-refractivity contribution in [3.63, 3.8) is 0 Å². The van der Waals surface area contributed by atoms with Gasteiger partial charge in [-0.3, -0.25) is 4.79 Å². The van der Waals surface area contributed by atoms with Gasteiger partial charge in [-0.05, 0) is 30.3 Å². The largest absolute Gasteiger partial charge is 0.396 e. The van der Waals surface area contributed by atoms with Crippen LogP contribution < -0.4 is 5.73 Å². The number of Topliss-reactive ketones (excluding diaryl/α,β-unsaturated/α-hetero) is 1. The molecule has 3 aliphatic rings. The molecular formula is C10H15NO. The molecule has 0 spiro atoms. The maximum absolute atomic E-state index is 11.6. The van der Waals surface area contributed by atoms with Crippen LogP contribution in [0.25, 0.3) is 0 Å². The minimum Gasteiger partial charge on any atom is -0.396 e. The number of ketones is 1. The van der Waals surface area contributed by atoms with Gasteiger partial charge in [0.15, 0.2) is 5.78 Å². The molecule has 0 aromatic carbocycles. The lowest BCUT2D eigenvalue weighted by Crippen LogP contribution is -2.54. The smallest absolute Gasteiger partial charge is 0.182 e. The highest BCUT2D eigenvalue weighted by Crippen LogP contribution is 2.58. The Morgan fingerprint density at radius 2 is 2.00 bits per heavy atom. The average Bonchev–Trinajstić information content (AvgIpc) is 1.98. The Morgan fingerprint density at radius 1 is 1.42 bits per heavy atom. The van der Waals surface area contributed by atoms with E-state index < -0.39 is 0 Å². The van der Waals surface area contributed by atoms with Gasteiger partial charge in [0, 0.05) is 5.92 Å². The van der Waals surface area contributed by atoms with Crippen LogP contribution in [0.1, 0.15) is 27.2 Å². The van der Waals surface area contributed by atoms with Gasteiger partial charge in [-0.2, -0.15) is 0 Å². The third-order valence-corrected chi connectivity index (χ3v) is 3.80. The summed E-state index contributed by atoms with van der Waals surface area (Å²) < 4.78 is 0. The molecule has 2 N–H and O–H groups in total. The van der Waals surface area contributed by atoms with Gasteiger partial charge in [-0.1, -0.05) is 13.8 Å². The van der Waals surface area contributed by atoms with Crippen molar-refractivity contribution in [2.24, 2.45) is 23.0 Å². The standard InChI is InChI=1S/C10H15NO/c1-5-6-4-7(10(6,2)3)9(12)8(5)11/h6-7H,4,11H2,1-3H3/t6-,7-/m1/s1. The average molecular weight is 165 g/mol. The van der Waals surface area contributed by atoms with Crippen LogP contribution in [0.15, 0.2) is 11.3 Å². The van der Waals surface area contributed by atoms with E-state index in [9.17, 15) is 4.79 Å². The maximum atomic E-state index is 11.6. The topological polar surface area (TPSA) is 43.1 Å². The molecule has 0 aromatic rings. The first kappa shape index (κ1) is 7.84. The molecular weight excluding hydrogens is 150 g/mol. The van der Waals surface area contributed by atoms with Crippen molar-refractivity contribution < 1.29 is 4.79 Å². The molecule has 3 rings (SSSR count). The van der Waals surface area contributed by atoms with E-state index in [2.05, 4.69) is 13.8 Å². The van der Waals surface area contributed by atoms with Gasteiger partial charge in [-0.15, -0.1) is 0 Å². The Kier molecular flexibility index (Phi) is 1.26. The van der Waals surface area contributed by atoms with Gasteiger partial charge >= 0.3 is 0 Å². The molecule has 1 saturated carbocycles. The zero-order chi connectivity index (χ0) is 9.09. The minimum absolute atomic E-state index is 0.171. The molecule has 66 valence electrons. The van der Waals surface area contributed by atoms with E-state index in [0.717, 1.165) is 12.0 Å². The van der Waals surface area contributed by atoms with Gasteiger partial charge < -0.3 is 5.73 Å². The van der Waals surface area contributed by atoms with Gasteiger partial charge in [0.1, 0.15) is 0 Å². The molecule has 1 fully saturated rings. The molecule has 3 aliphatic carbocycles. The number of rotatable bonds is 0. The second-order valence-corrected chi connectivity index (χ2v) is 4.62. The normalized spacial score (nSPS) is 38.1. The van der Waals surface area contributed by atoms with Crippen LogP contribution in [0.3, 0.4) is 0 Å². The Labute approximate surface area is 72.8 Å². The third kappa shape index (κ3) is 0.637. The van der Waals surface area contributed by atoms with Crippen molar-refractivity contribution in [1.29, 1.82) is 0 Å². The first-order chi connectivity index (χ1) is 5.46. The minimum atomic E-state index is 0.171. The van der Waals surface area contributed by atoms with E-state index in [1.807, 2.05) is 6.92 Å². The van der Waals surface area contributed by atoms with Crippen LogP contribution in [-0.4, -0.2) is 5.78 Å². The summed E-state index contributed by atoms with van der Waals surface area (Å²) in [6, 6.07) is 0. The lowest BCUT2D eigenvalue weighted by atomic mass is 9.48. The lowest BCUT2D eigenvalue weighted by molar-refractivity contribution is -0.135. The van der Waals surface area contributed by atoms with E-state index in [4.69, 9.17) is 5.73 Å². The second kappa shape index (κ2) is 1.93. The quantitative estimate of drug-likeness (QED) is 0.590. The molecule has 0 aliphatic heterocycles. The summed E-state index contributed by atoms with van der Waals surface area (Å²) in [5.41, 5.74) is 7.52. The van der Waals surface area contributed by atoms with Crippen molar-refractivity contribution in [2.45, 2.75) is 27.2 Å². The number of allylic oxidation sites excluding steroid dienone is 2. The van der Waals surface area contributed by atoms with E-state index in [0.29, 0.717) is 11.6 Å². The number of carbonyl (C=O) groups excluding carboxylic acids is 1. The van der Waals surface area contributed by atoms with Crippen molar-refractivity contribution in [3.05, 3.63) is 11.3 Å². The Bertz CT molecular complexity index is 288. The number of hydrogen-bond acceptors (Lipinski definition) is 2. The van der Waals surface area contributed by atoms with Crippen molar-refractivity contribution >= 4 is 5.78 Å². The lowest BCUT2D eigenvalue weighted by Gasteiger charge is -2.55. The fourth-order valence-corrected chi connectivity index (χ4v) is 2.67. The summed E-state index contributed by atoms with van der Waals surface area (Å²) in [6.07, 6.45) is 1.03. The fraction of sp³-hybridized carbons (Fsp3) is 0.700. The molecule has 0 heterocycles. The number of nitrogens with two attached hydrogens (primary N) is 1. The highest BCUT2D eigenvalue weighted by Gasteiger charge is 2.56. The molecule has 0 amide bonds. The zero-order valence-corrected chi connectivity index (χ0v) is 7.85. The summed E-state index contributed by atoms with van der Waals surface area (Å²) in [5, 5.41) is 0. The first-order valence-electron chi connectivity index (χ1n) is 4.46. The van der Waals surface area contributed by atoms with Crippen molar-refractivity contribution in [1.82, 2.24) is 0 Å². The molecule has 2 bridgehead atoms. The SMILES string of the molecule is CC1=C(N)C(=O)[C@H]2C[C@H]1C2(C)C. The number of carbonyl (C=O) groups is 1. The van der Waals surface area contributed by atoms with Gasteiger partial charge in [0.25, 0.3) is 0 Å². The molecule has 0 radical (unpaired) electrons. The fourth-order valence-electron chi connectivity index (χ4n) is 2.67. The predicted molar refractivity (Wildman–Crippen MR) is 47.3 cm³/mol. The summed E-state index contributed by atoms with van der Waals surface area (Å²) in [6.45, 7) is 6.33. The van der Waals surface area contributed by atoms with Crippen LogP contribution in [0, 0.1) is 17.3 Å². The van der Waals surface area contributed by atoms with E-state index in [-0.39, 0.29) is 17.1 Å².